The first-order valence-corrected chi connectivity index (χ1v) is 7.86. The van der Waals surface area contributed by atoms with Gasteiger partial charge in [0.25, 0.3) is 0 Å². The molecule has 0 aliphatic rings. The summed E-state index contributed by atoms with van der Waals surface area (Å²) < 4.78 is 10.7. The maximum atomic E-state index is 5.78. The van der Waals surface area contributed by atoms with Gasteiger partial charge in [0, 0.05) is 19.7 Å². The van der Waals surface area contributed by atoms with E-state index in [-0.39, 0.29) is 0 Å². The highest BCUT2D eigenvalue weighted by Gasteiger charge is 1.96. The van der Waals surface area contributed by atoms with Gasteiger partial charge in [0.1, 0.15) is 5.75 Å². The number of hydrogen-bond acceptors (Lipinski definition) is 3. The Labute approximate surface area is 133 Å². The van der Waals surface area contributed by atoms with Crippen LogP contribution in [0, 0.1) is 5.92 Å². The minimum absolute atomic E-state index is 0.524. The van der Waals surface area contributed by atoms with Crippen molar-refractivity contribution in [3.8, 4) is 5.75 Å². The third-order valence-corrected chi connectivity index (χ3v) is 3.18. The van der Waals surface area contributed by atoms with Crippen molar-refractivity contribution >= 4 is 5.96 Å². The summed E-state index contributed by atoms with van der Waals surface area (Å²) in [6.07, 6.45) is 1.96. The predicted octanol–water partition coefficient (Wildman–Crippen LogP) is 2.55. The molecule has 0 unspecified atom stereocenters. The van der Waals surface area contributed by atoms with E-state index in [0.29, 0.717) is 31.6 Å². The first-order chi connectivity index (χ1) is 10.6. The van der Waals surface area contributed by atoms with Crippen molar-refractivity contribution < 1.29 is 9.47 Å². The second kappa shape index (κ2) is 10.9. The highest BCUT2D eigenvalue weighted by Crippen LogP contribution is 2.11. The van der Waals surface area contributed by atoms with Crippen LogP contribution in [0.25, 0.3) is 0 Å². The summed E-state index contributed by atoms with van der Waals surface area (Å²) in [5, 5.41) is 3.12. The minimum atomic E-state index is 0.524. The molecule has 0 amide bonds. The van der Waals surface area contributed by atoms with Crippen molar-refractivity contribution in [2.75, 3.05) is 26.8 Å². The fourth-order valence-electron chi connectivity index (χ4n) is 1.82. The monoisotopic (exact) mass is 307 g/mol. The fourth-order valence-corrected chi connectivity index (χ4v) is 1.82. The lowest BCUT2D eigenvalue weighted by molar-refractivity contribution is 0.120. The molecule has 22 heavy (non-hydrogen) atoms. The number of nitrogens with one attached hydrogen (secondary N) is 1. The highest BCUT2D eigenvalue weighted by atomic mass is 16.5. The van der Waals surface area contributed by atoms with Crippen molar-refractivity contribution in [2.45, 2.75) is 33.3 Å². The molecule has 0 aliphatic carbocycles. The molecule has 5 nitrogen and oxygen atoms in total. The number of ether oxygens (including phenoxy) is 2. The maximum absolute atomic E-state index is 5.78. The number of nitrogens with two attached hydrogens (primary N) is 1. The van der Waals surface area contributed by atoms with Crippen LogP contribution in [0.3, 0.4) is 0 Å². The highest BCUT2D eigenvalue weighted by molar-refractivity contribution is 5.77. The van der Waals surface area contributed by atoms with Crippen LogP contribution < -0.4 is 15.8 Å². The predicted molar refractivity (Wildman–Crippen MR) is 91.2 cm³/mol. The number of aliphatic imine (C=N–C) groups is 1. The van der Waals surface area contributed by atoms with Crippen LogP contribution in [-0.4, -0.2) is 32.8 Å². The molecule has 1 rings (SSSR count). The summed E-state index contributed by atoms with van der Waals surface area (Å²) >= 11 is 0. The fraction of sp³-hybridized carbons (Fsp3) is 0.588. The zero-order chi connectivity index (χ0) is 16.2. The third kappa shape index (κ3) is 8.52. The number of hydrogen-bond donors (Lipinski definition) is 2. The molecule has 0 spiro atoms. The van der Waals surface area contributed by atoms with Crippen LogP contribution in [0.1, 0.15) is 32.3 Å². The molecule has 124 valence electrons. The van der Waals surface area contributed by atoms with Crippen LogP contribution >= 0.6 is 0 Å². The third-order valence-electron chi connectivity index (χ3n) is 3.18. The second-order valence-corrected chi connectivity index (χ2v) is 5.63. The van der Waals surface area contributed by atoms with Crippen molar-refractivity contribution in [1.29, 1.82) is 0 Å². The number of methoxy groups -OCH3 is 1. The van der Waals surface area contributed by atoms with E-state index in [4.69, 9.17) is 15.2 Å². The lowest BCUT2D eigenvalue weighted by Crippen LogP contribution is -2.33. The molecule has 0 aromatic heterocycles. The SMILES string of the molecule is COc1ccc(COCCCN=C(N)NCCC(C)C)cc1. The zero-order valence-corrected chi connectivity index (χ0v) is 14.0. The van der Waals surface area contributed by atoms with Gasteiger partial charge >= 0.3 is 0 Å². The van der Waals surface area contributed by atoms with E-state index in [9.17, 15) is 0 Å². The van der Waals surface area contributed by atoms with E-state index in [1.165, 1.54) is 0 Å². The molecule has 0 saturated heterocycles. The van der Waals surface area contributed by atoms with Gasteiger partial charge in [-0.3, -0.25) is 4.99 Å². The van der Waals surface area contributed by atoms with Crippen molar-refractivity contribution in [1.82, 2.24) is 5.32 Å². The normalized spacial score (nSPS) is 11.7. The Morgan fingerprint density at radius 3 is 2.64 bits per heavy atom. The lowest BCUT2D eigenvalue weighted by Gasteiger charge is -2.07. The standard InChI is InChI=1S/C17H29N3O2/c1-14(2)9-11-20-17(18)19-10-4-12-22-13-15-5-7-16(21-3)8-6-15/h5-8,14H,4,9-13H2,1-3H3,(H3,18,19,20). The molecule has 0 atom stereocenters. The summed E-state index contributed by atoms with van der Waals surface area (Å²) in [5.74, 6) is 2.06. The van der Waals surface area contributed by atoms with Crippen LogP contribution in [0.15, 0.2) is 29.3 Å². The first kappa shape index (κ1) is 18.3. The molecule has 0 radical (unpaired) electrons. The van der Waals surface area contributed by atoms with E-state index in [0.717, 1.165) is 30.7 Å². The van der Waals surface area contributed by atoms with Gasteiger partial charge in [-0.05, 0) is 36.5 Å². The van der Waals surface area contributed by atoms with Gasteiger partial charge in [-0.1, -0.05) is 26.0 Å². The molecule has 0 saturated carbocycles. The maximum Gasteiger partial charge on any atom is 0.188 e. The minimum Gasteiger partial charge on any atom is -0.497 e. The molecule has 5 heteroatoms. The smallest absolute Gasteiger partial charge is 0.188 e. The van der Waals surface area contributed by atoms with Crippen LogP contribution in [0.4, 0.5) is 0 Å². The number of rotatable bonds is 10. The van der Waals surface area contributed by atoms with E-state index in [1.54, 1.807) is 7.11 Å². The Kier molecular flexibility index (Phi) is 9.07. The van der Waals surface area contributed by atoms with Gasteiger partial charge in [-0.15, -0.1) is 0 Å². The Morgan fingerprint density at radius 1 is 1.27 bits per heavy atom. The van der Waals surface area contributed by atoms with E-state index >= 15 is 0 Å². The quantitative estimate of drug-likeness (QED) is 0.396. The van der Waals surface area contributed by atoms with Crippen LogP contribution in [0.2, 0.25) is 0 Å². The molecule has 1 aromatic carbocycles. The first-order valence-electron chi connectivity index (χ1n) is 7.86. The molecule has 1 aromatic rings. The van der Waals surface area contributed by atoms with Crippen molar-refractivity contribution in [2.24, 2.45) is 16.6 Å². The molecule has 0 aliphatic heterocycles. The van der Waals surface area contributed by atoms with Gasteiger partial charge < -0.3 is 20.5 Å². The topological polar surface area (TPSA) is 68.9 Å². The average Bonchev–Trinajstić information content (AvgIpc) is 2.51. The van der Waals surface area contributed by atoms with Gasteiger partial charge in [-0.2, -0.15) is 0 Å². The summed E-state index contributed by atoms with van der Waals surface area (Å²) in [6.45, 7) is 7.22. The Bertz CT molecular complexity index is 430. The lowest BCUT2D eigenvalue weighted by atomic mass is 10.1. The molecule has 3 N–H and O–H groups in total. The Hall–Kier alpha value is -1.75. The number of nitrogens with zero attached hydrogens (tertiary/aromatic N) is 1. The van der Waals surface area contributed by atoms with Gasteiger partial charge in [0.15, 0.2) is 5.96 Å². The Morgan fingerprint density at radius 2 is 2.00 bits per heavy atom. The van der Waals surface area contributed by atoms with E-state index < -0.39 is 0 Å². The molecule has 0 bridgehead atoms. The van der Waals surface area contributed by atoms with Gasteiger partial charge in [0.05, 0.1) is 13.7 Å². The number of benzene rings is 1. The van der Waals surface area contributed by atoms with Crippen molar-refractivity contribution in [3.63, 3.8) is 0 Å². The Balaban J connectivity index is 2.06. The number of guanidine groups is 1. The van der Waals surface area contributed by atoms with Crippen LogP contribution in [0.5, 0.6) is 5.75 Å². The van der Waals surface area contributed by atoms with E-state index in [1.807, 2.05) is 24.3 Å². The zero-order valence-electron chi connectivity index (χ0n) is 14.0. The summed E-state index contributed by atoms with van der Waals surface area (Å²) in [4.78, 5) is 4.28. The molecule has 0 fully saturated rings. The summed E-state index contributed by atoms with van der Waals surface area (Å²) in [7, 11) is 1.66. The van der Waals surface area contributed by atoms with Gasteiger partial charge in [-0.25, -0.2) is 0 Å². The molecular weight excluding hydrogens is 278 g/mol. The molecular formula is C17H29N3O2. The van der Waals surface area contributed by atoms with E-state index in [2.05, 4.69) is 24.2 Å². The van der Waals surface area contributed by atoms with Gasteiger partial charge in [0.2, 0.25) is 0 Å². The van der Waals surface area contributed by atoms with Crippen LogP contribution in [-0.2, 0) is 11.3 Å². The van der Waals surface area contributed by atoms with Crippen molar-refractivity contribution in [3.05, 3.63) is 29.8 Å². The summed E-state index contributed by atoms with van der Waals surface area (Å²) in [5.41, 5.74) is 6.92. The average molecular weight is 307 g/mol. The second-order valence-electron chi connectivity index (χ2n) is 5.63. The molecule has 0 heterocycles. The largest absolute Gasteiger partial charge is 0.497 e. The summed E-state index contributed by atoms with van der Waals surface area (Å²) in [6, 6.07) is 7.89.